The van der Waals surface area contributed by atoms with Gasteiger partial charge in [0.1, 0.15) is 0 Å². The van der Waals surface area contributed by atoms with Gasteiger partial charge in [-0.1, -0.05) is 76.6 Å². The van der Waals surface area contributed by atoms with Gasteiger partial charge in [-0.3, -0.25) is 4.90 Å². The van der Waals surface area contributed by atoms with Crippen LogP contribution in [0, 0.1) is 5.92 Å². The third kappa shape index (κ3) is 5.19. The first-order valence-electron chi connectivity index (χ1n) is 11.2. The third-order valence-corrected chi connectivity index (χ3v) is 6.92. The van der Waals surface area contributed by atoms with Crippen LogP contribution in [0.5, 0.6) is 0 Å². The largest absolute Gasteiger partial charge is 0.385 e. The second kappa shape index (κ2) is 9.30. The molecule has 30 heavy (non-hydrogen) atoms. The van der Waals surface area contributed by atoms with Gasteiger partial charge in [0.05, 0.1) is 5.60 Å². The highest BCUT2D eigenvalue weighted by Crippen LogP contribution is 2.35. The van der Waals surface area contributed by atoms with Crippen LogP contribution in [-0.2, 0) is 11.0 Å². The van der Waals surface area contributed by atoms with Crippen LogP contribution in [0.1, 0.15) is 52.2 Å². The average Bonchev–Trinajstić information content (AvgIpc) is 2.73. The van der Waals surface area contributed by atoms with Crippen LogP contribution in [-0.4, -0.2) is 42.7 Å². The molecule has 2 aromatic carbocycles. The first-order valence-corrected chi connectivity index (χ1v) is 11.6. The summed E-state index contributed by atoms with van der Waals surface area (Å²) in [5, 5.41) is 12.4. The van der Waals surface area contributed by atoms with Gasteiger partial charge in [-0.05, 0) is 41.2 Å². The highest BCUT2D eigenvalue weighted by molar-refractivity contribution is 6.30. The Balaban J connectivity index is 1.63. The molecule has 2 atom stereocenters. The lowest BCUT2D eigenvalue weighted by Crippen LogP contribution is -2.50. The number of piperazine rings is 1. The van der Waals surface area contributed by atoms with Crippen LogP contribution < -0.4 is 4.90 Å². The van der Waals surface area contributed by atoms with Gasteiger partial charge in [0, 0.05) is 49.4 Å². The van der Waals surface area contributed by atoms with Crippen molar-refractivity contribution in [3.63, 3.8) is 0 Å². The van der Waals surface area contributed by atoms with E-state index in [4.69, 9.17) is 11.6 Å². The van der Waals surface area contributed by atoms with E-state index in [1.165, 1.54) is 11.3 Å². The summed E-state index contributed by atoms with van der Waals surface area (Å²) in [6.07, 6.45) is 0.714. The van der Waals surface area contributed by atoms with Gasteiger partial charge in [-0.25, -0.2) is 0 Å². The number of rotatable bonds is 6. The van der Waals surface area contributed by atoms with Gasteiger partial charge >= 0.3 is 0 Å². The zero-order valence-corrected chi connectivity index (χ0v) is 19.9. The number of nitrogens with zero attached hydrogens (tertiary/aromatic N) is 2. The Morgan fingerprint density at radius 3 is 2.10 bits per heavy atom. The summed E-state index contributed by atoms with van der Waals surface area (Å²) < 4.78 is 0. The average molecular weight is 429 g/mol. The lowest BCUT2D eigenvalue weighted by atomic mass is 9.78. The predicted molar refractivity (Wildman–Crippen MR) is 129 cm³/mol. The molecule has 0 aromatic heterocycles. The van der Waals surface area contributed by atoms with Gasteiger partial charge in [0.2, 0.25) is 0 Å². The fraction of sp³-hybridized carbons (Fsp3) is 0.538. The van der Waals surface area contributed by atoms with E-state index >= 15 is 0 Å². The number of halogens is 1. The molecule has 1 fully saturated rings. The van der Waals surface area contributed by atoms with E-state index < -0.39 is 5.60 Å². The fourth-order valence-electron chi connectivity index (χ4n) is 4.50. The van der Waals surface area contributed by atoms with Crippen molar-refractivity contribution in [2.45, 2.75) is 52.1 Å². The Labute approximate surface area is 187 Å². The molecule has 1 aliphatic rings. The van der Waals surface area contributed by atoms with Crippen molar-refractivity contribution in [1.82, 2.24) is 4.90 Å². The van der Waals surface area contributed by atoms with Crippen molar-refractivity contribution in [3.05, 3.63) is 64.7 Å². The molecular weight excluding hydrogens is 392 g/mol. The molecule has 0 radical (unpaired) electrons. The van der Waals surface area contributed by atoms with Crippen LogP contribution in [0.4, 0.5) is 5.69 Å². The summed E-state index contributed by atoms with van der Waals surface area (Å²) in [6, 6.07) is 16.7. The summed E-state index contributed by atoms with van der Waals surface area (Å²) >= 11 is 6.16. The first kappa shape index (κ1) is 23.1. The van der Waals surface area contributed by atoms with Crippen molar-refractivity contribution < 1.29 is 5.11 Å². The number of aliphatic hydroxyl groups is 1. The van der Waals surface area contributed by atoms with Gasteiger partial charge in [-0.2, -0.15) is 0 Å². The second-order valence-electron chi connectivity index (χ2n) is 9.77. The molecule has 0 bridgehead atoms. The minimum Gasteiger partial charge on any atom is -0.385 e. The van der Waals surface area contributed by atoms with Gasteiger partial charge in [-0.15, -0.1) is 0 Å². The highest BCUT2D eigenvalue weighted by atomic mass is 35.5. The van der Waals surface area contributed by atoms with Crippen LogP contribution in [0.25, 0.3) is 0 Å². The van der Waals surface area contributed by atoms with E-state index in [-0.39, 0.29) is 11.3 Å². The number of hydrogen-bond donors (Lipinski definition) is 1. The second-order valence-corrected chi connectivity index (χ2v) is 10.2. The van der Waals surface area contributed by atoms with Crippen molar-refractivity contribution in [2.24, 2.45) is 5.92 Å². The van der Waals surface area contributed by atoms with Crippen molar-refractivity contribution in [1.29, 1.82) is 0 Å². The van der Waals surface area contributed by atoms with Crippen molar-refractivity contribution >= 4 is 17.3 Å². The molecule has 2 unspecified atom stereocenters. The molecule has 1 heterocycles. The number of hydrogen-bond acceptors (Lipinski definition) is 3. The molecule has 3 nitrogen and oxygen atoms in total. The predicted octanol–water partition coefficient (Wildman–Crippen LogP) is 5.69. The van der Waals surface area contributed by atoms with Crippen LogP contribution >= 0.6 is 11.6 Å². The monoisotopic (exact) mass is 428 g/mol. The van der Waals surface area contributed by atoms with Gasteiger partial charge in [0.25, 0.3) is 0 Å². The zero-order chi connectivity index (χ0) is 21.9. The van der Waals surface area contributed by atoms with Crippen LogP contribution in [0.2, 0.25) is 5.02 Å². The number of benzene rings is 2. The molecule has 3 rings (SSSR count). The third-order valence-electron chi connectivity index (χ3n) is 6.68. The maximum atomic E-state index is 11.6. The van der Waals surface area contributed by atoms with Crippen LogP contribution in [0.3, 0.4) is 0 Å². The minimum atomic E-state index is -0.805. The molecule has 0 saturated carbocycles. The molecule has 2 aromatic rings. The Bertz CT molecular complexity index is 822. The summed E-state index contributed by atoms with van der Waals surface area (Å²) in [5.41, 5.74) is 2.84. The van der Waals surface area contributed by atoms with Crippen molar-refractivity contribution in [3.8, 4) is 0 Å². The summed E-state index contributed by atoms with van der Waals surface area (Å²) in [7, 11) is 0. The first-order chi connectivity index (χ1) is 14.1. The van der Waals surface area contributed by atoms with Crippen molar-refractivity contribution in [2.75, 3.05) is 37.6 Å². The Morgan fingerprint density at radius 1 is 0.967 bits per heavy atom. The molecular formula is C26H37ClN2O. The molecule has 4 heteroatoms. The van der Waals surface area contributed by atoms with E-state index in [9.17, 15) is 5.11 Å². The minimum absolute atomic E-state index is 0.122. The maximum Gasteiger partial charge on any atom is 0.0931 e. The summed E-state index contributed by atoms with van der Waals surface area (Å²) in [4.78, 5) is 4.88. The van der Waals surface area contributed by atoms with Gasteiger partial charge < -0.3 is 10.0 Å². The Kier molecular flexibility index (Phi) is 7.16. The van der Waals surface area contributed by atoms with E-state index in [1.807, 2.05) is 18.2 Å². The fourth-order valence-corrected chi connectivity index (χ4v) is 4.68. The highest BCUT2D eigenvalue weighted by Gasteiger charge is 2.35. The topological polar surface area (TPSA) is 26.7 Å². The SMILES string of the molecule is CCC(O)(c1ccc(C(C)(C)C)cc1)C(C)CN1CCN(c2cccc(Cl)c2)CC1. The van der Waals surface area contributed by atoms with E-state index in [1.54, 1.807) is 0 Å². The summed E-state index contributed by atoms with van der Waals surface area (Å²) in [5.74, 6) is 0.153. The lowest BCUT2D eigenvalue weighted by Gasteiger charge is -2.41. The smallest absolute Gasteiger partial charge is 0.0931 e. The van der Waals surface area contributed by atoms with E-state index in [2.05, 4.69) is 74.8 Å². The summed E-state index contributed by atoms with van der Waals surface area (Å²) in [6.45, 7) is 15.8. The maximum absolute atomic E-state index is 11.6. The molecule has 1 N–H and O–H groups in total. The Hall–Kier alpha value is -1.55. The number of anilines is 1. The molecule has 0 aliphatic carbocycles. The molecule has 164 valence electrons. The van der Waals surface area contributed by atoms with Crippen LogP contribution in [0.15, 0.2) is 48.5 Å². The van der Waals surface area contributed by atoms with E-state index in [0.717, 1.165) is 43.3 Å². The quantitative estimate of drug-likeness (QED) is 0.639. The normalized spacial score (nSPS) is 18.8. The molecule has 0 amide bonds. The standard InChI is InChI=1S/C26H37ClN2O/c1-6-26(30,22-12-10-21(11-13-22)25(3,4)5)20(2)19-28-14-16-29(17-15-28)24-9-7-8-23(27)18-24/h7-13,18,20,30H,6,14-17,19H2,1-5H3. The lowest BCUT2D eigenvalue weighted by molar-refractivity contribution is -0.0339. The van der Waals surface area contributed by atoms with Gasteiger partial charge in [0.15, 0.2) is 0 Å². The zero-order valence-electron chi connectivity index (χ0n) is 19.2. The van der Waals surface area contributed by atoms with E-state index in [0.29, 0.717) is 6.42 Å². The molecule has 1 saturated heterocycles. The molecule has 1 aliphatic heterocycles. The molecule has 0 spiro atoms. The Morgan fingerprint density at radius 2 is 1.57 bits per heavy atom.